The summed E-state index contributed by atoms with van der Waals surface area (Å²) >= 11 is 1.34. The zero-order valence-electron chi connectivity index (χ0n) is 16.1. The molecule has 0 saturated heterocycles. The van der Waals surface area contributed by atoms with Crippen molar-refractivity contribution in [3.05, 3.63) is 46.5 Å². The SMILES string of the molecule is CC(=O)Nc1nc(CCc2ccc(N=C(N)N)cc2)c(C=CC(=O)N(C)C)s1. The number of benzene rings is 1. The van der Waals surface area contributed by atoms with Gasteiger partial charge in [0.25, 0.3) is 0 Å². The van der Waals surface area contributed by atoms with Gasteiger partial charge in [-0.05, 0) is 36.6 Å². The van der Waals surface area contributed by atoms with Crippen LogP contribution < -0.4 is 16.8 Å². The second-order valence-corrected chi connectivity index (χ2v) is 7.31. The third-order valence-electron chi connectivity index (χ3n) is 3.67. The lowest BCUT2D eigenvalue weighted by Gasteiger charge is -2.05. The molecule has 0 bridgehead atoms. The number of rotatable bonds is 7. The fourth-order valence-electron chi connectivity index (χ4n) is 2.32. The number of thiazole rings is 1. The van der Waals surface area contributed by atoms with Crippen LogP contribution in [0, 0.1) is 0 Å². The summed E-state index contributed by atoms with van der Waals surface area (Å²) < 4.78 is 0. The minimum Gasteiger partial charge on any atom is -0.370 e. The molecule has 0 spiro atoms. The first-order valence-corrected chi connectivity index (χ1v) is 9.41. The number of guanidine groups is 1. The highest BCUT2D eigenvalue weighted by Crippen LogP contribution is 2.26. The summed E-state index contributed by atoms with van der Waals surface area (Å²) in [5.74, 6) is -0.282. The molecule has 148 valence electrons. The summed E-state index contributed by atoms with van der Waals surface area (Å²) in [5.41, 5.74) is 13.4. The molecule has 5 N–H and O–H groups in total. The van der Waals surface area contributed by atoms with E-state index in [4.69, 9.17) is 11.5 Å². The lowest BCUT2D eigenvalue weighted by Crippen LogP contribution is -2.21. The van der Waals surface area contributed by atoms with Gasteiger partial charge in [0.15, 0.2) is 11.1 Å². The van der Waals surface area contributed by atoms with Crippen LogP contribution in [0.1, 0.15) is 23.1 Å². The zero-order chi connectivity index (χ0) is 20.7. The van der Waals surface area contributed by atoms with Gasteiger partial charge in [0.2, 0.25) is 11.8 Å². The Balaban J connectivity index is 2.16. The summed E-state index contributed by atoms with van der Waals surface area (Å²) in [4.78, 5) is 34.0. The van der Waals surface area contributed by atoms with E-state index in [-0.39, 0.29) is 17.8 Å². The van der Waals surface area contributed by atoms with Crippen LogP contribution in [-0.2, 0) is 22.4 Å². The quantitative estimate of drug-likeness (QED) is 0.372. The van der Waals surface area contributed by atoms with Crippen LogP contribution in [0.5, 0.6) is 0 Å². The van der Waals surface area contributed by atoms with Gasteiger partial charge in [0.1, 0.15) is 0 Å². The molecule has 0 aliphatic rings. The summed E-state index contributed by atoms with van der Waals surface area (Å²) in [5, 5.41) is 3.22. The Labute approximate surface area is 168 Å². The Kier molecular flexibility index (Phi) is 7.28. The monoisotopic (exact) mass is 400 g/mol. The Morgan fingerprint density at radius 3 is 2.46 bits per heavy atom. The van der Waals surface area contributed by atoms with E-state index < -0.39 is 0 Å². The van der Waals surface area contributed by atoms with Gasteiger partial charge in [0.05, 0.1) is 16.3 Å². The Morgan fingerprint density at radius 2 is 1.89 bits per heavy atom. The number of hydrogen-bond donors (Lipinski definition) is 3. The lowest BCUT2D eigenvalue weighted by molar-refractivity contribution is -0.123. The second-order valence-electron chi connectivity index (χ2n) is 6.28. The van der Waals surface area contributed by atoms with Crippen LogP contribution in [-0.4, -0.2) is 41.8 Å². The molecule has 0 fully saturated rings. The van der Waals surface area contributed by atoms with Gasteiger partial charge in [-0.1, -0.05) is 23.5 Å². The normalized spacial score (nSPS) is 10.7. The van der Waals surface area contributed by atoms with E-state index in [2.05, 4.69) is 15.3 Å². The van der Waals surface area contributed by atoms with E-state index in [0.29, 0.717) is 17.2 Å². The van der Waals surface area contributed by atoms with Gasteiger partial charge in [-0.25, -0.2) is 9.98 Å². The van der Waals surface area contributed by atoms with Crippen molar-refractivity contribution < 1.29 is 9.59 Å². The molecule has 2 rings (SSSR count). The van der Waals surface area contributed by atoms with Crippen LogP contribution in [0.25, 0.3) is 6.08 Å². The number of hydrogen-bond acceptors (Lipinski definition) is 5. The number of aryl methyl sites for hydroxylation is 2. The van der Waals surface area contributed by atoms with Crippen molar-refractivity contribution in [1.82, 2.24) is 9.88 Å². The van der Waals surface area contributed by atoms with E-state index >= 15 is 0 Å². The second kappa shape index (κ2) is 9.65. The summed E-state index contributed by atoms with van der Waals surface area (Å²) in [6.45, 7) is 1.43. The molecule has 0 unspecified atom stereocenters. The highest BCUT2D eigenvalue weighted by molar-refractivity contribution is 7.16. The molecule has 1 heterocycles. The number of anilines is 1. The maximum atomic E-state index is 11.8. The van der Waals surface area contributed by atoms with Gasteiger partial charge in [-0.15, -0.1) is 0 Å². The summed E-state index contributed by atoms with van der Waals surface area (Å²) in [6.07, 6.45) is 4.64. The third-order valence-corrected chi connectivity index (χ3v) is 4.65. The minimum absolute atomic E-state index is 0.0180. The molecule has 8 nitrogen and oxygen atoms in total. The number of aliphatic imine (C=N–C) groups is 1. The topological polar surface area (TPSA) is 127 Å². The van der Waals surface area contributed by atoms with Crippen LogP contribution in [0.4, 0.5) is 10.8 Å². The van der Waals surface area contributed by atoms with Crippen LogP contribution in [0.15, 0.2) is 35.3 Å². The number of nitrogens with zero attached hydrogens (tertiary/aromatic N) is 3. The van der Waals surface area contributed by atoms with Crippen LogP contribution >= 0.6 is 11.3 Å². The Hall–Kier alpha value is -3.20. The van der Waals surface area contributed by atoms with E-state index in [1.807, 2.05) is 24.3 Å². The van der Waals surface area contributed by atoms with Crippen molar-refractivity contribution in [2.45, 2.75) is 19.8 Å². The number of carbonyl (C=O) groups excluding carboxylic acids is 2. The highest BCUT2D eigenvalue weighted by Gasteiger charge is 2.11. The first-order chi connectivity index (χ1) is 13.2. The number of amides is 2. The van der Waals surface area contributed by atoms with Crippen molar-refractivity contribution >= 4 is 46.0 Å². The van der Waals surface area contributed by atoms with Crippen LogP contribution in [0.3, 0.4) is 0 Å². The van der Waals surface area contributed by atoms with Gasteiger partial charge in [-0.3, -0.25) is 9.59 Å². The average Bonchev–Trinajstić information content (AvgIpc) is 2.99. The molecule has 28 heavy (non-hydrogen) atoms. The molecule has 9 heteroatoms. The minimum atomic E-state index is -0.185. The molecule has 2 amide bonds. The first kappa shape index (κ1) is 21.1. The molecular weight excluding hydrogens is 376 g/mol. The number of likely N-dealkylation sites (N-methyl/N-ethyl adjacent to an activating group) is 1. The summed E-state index contributed by atoms with van der Waals surface area (Å²) in [6, 6.07) is 7.59. The molecule has 0 aliphatic carbocycles. The van der Waals surface area contributed by atoms with Crippen molar-refractivity contribution in [3.8, 4) is 0 Å². The highest BCUT2D eigenvalue weighted by atomic mass is 32.1. The van der Waals surface area contributed by atoms with E-state index in [1.165, 1.54) is 29.2 Å². The first-order valence-electron chi connectivity index (χ1n) is 8.60. The average molecular weight is 401 g/mol. The predicted octanol–water partition coefficient (Wildman–Crippen LogP) is 1.89. The molecule has 0 saturated carbocycles. The van der Waals surface area contributed by atoms with E-state index in [0.717, 1.165) is 22.6 Å². The molecule has 0 aliphatic heterocycles. The maximum Gasteiger partial charge on any atom is 0.246 e. The number of nitrogens with two attached hydrogens (primary N) is 2. The van der Waals surface area contributed by atoms with E-state index in [1.54, 1.807) is 20.2 Å². The van der Waals surface area contributed by atoms with Gasteiger partial charge < -0.3 is 21.7 Å². The molecule has 0 atom stereocenters. The van der Waals surface area contributed by atoms with E-state index in [9.17, 15) is 9.59 Å². The number of nitrogens with one attached hydrogen (secondary N) is 1. The van der Waals surface area contributed by atoms with Gasteiger partial charge >= 0.3 is 0 Å². The van der Waals surface area contributed by atoms with Crippen molar-refractivity contribution in [2.24, 2.45) is 16.5 Å². The number of aromatic nitrogens is 1. The van der Waals surface area contributed by atoms with Crippen molar-refractivity contribution in [3.63, 3.8) is 0 Å². The Morgan fingerprint density at radius 1 is 1.21 bits per heavy atom. The fourth-order valence-corrected chi connectivity index (χ4v) is 3.28. The third kappa shape index (κ3) is 6.51. The van der Waals surface area contributed by atoms with Gasteiger partial charge in [-0.2, -0.15) is 0 Å². The zero-order valence-corrected chi connectivity index (χ0v) is 16.9. The molecule has 2 aromatic rings. The largest absolute Gasteiger partial charge is 0.370 e. The fraction of sp³-hybridized carbons (Fsp3) is 0.263. The van der Waals surface area contributed by atoms with Gasteiger partial charge in [0, 0.05) is 27.1 Å². The van der Waals surface area contributed by atoms with Crippen molar-refractivity contribution in [1.29, 1.82) is 0 Å². The lowest BCUT2D eigenvalue weighted by atomic mass is 10.1. The predicted molar refractivity (Wildman–Crippen MR) is 113 cm³/mol. The Bertz CT molecular complexity index is 896. The molecule has 0 radical (unpaired) electrons. The maximum absolute atomic E-state index is 11.8. The summed E-state index contributed by atoms with van der Waals surface area (Å²) in [7, 11) is 3.38. The van der Waals surface area contributed by atoms with Crippen molar-refractivity contribution in [2.75, 3.05) is 19.4 Å². The molecule has 1 aromatic heterocycles. The van der Waals surface area contributed by atoms with Crippen LogP contribution in [0.2, 0.25) is 0 Å². The smallest absolute Gasteiger partial charge is 0.246 e. The number of carbonyl (C=O) groups is 2. The molecule has 1 aromatic carbocycles. The standard InChI is InChI=1S/C19H24N6O2S/c1-12(26)22-19-24-15(16(28-19)10-11-17(27)25(2)3)9-6-13-4-7-14(8-5-13)23-18(20)21/h4-5,7-8,10-11H,6,9H2,1-3H3,(H4,20,21,23)(H,22,24,26). The molecular formula is C19H24N6O2S.